The van der Waals surface area contributed by atoms with E-state index in [-0.39, 0.29) is 0 Å². The van der Waals surface area contributed by atoms with Crippen molar-refractivity contribution in [2.75, 3.05) is 0 Å². The average Bonchev–Trinajstić information content (AvgIpc) is 2.67. The number of carboxylic acids is 1. The van der Waals surface area contributed by atoms with Crippen LogP contribution in [-0.4, -0.2) is 5.97 Å². The van der Waals surface area contributed by atoms with Crippen LogP contribution in [0, 0.1) is 0 Å². The van der Waals surface area contributed by atoms with Crippen LogP contribution in [0.4, 0.5) is 0 Å². The molecule has 0 unspecified atom stereocenters. The van der Waals surface area contributed by atoms with Gasteiger partial charge in [0.1, 0.15) is 0 Å². The molecule has 0 bridgehead atoms. The molecule has 0 heterocycles. The first-order chi connectivity index (χ1) is 7.15. The van der Waals surface area contributed by atoms with E-state index in [0.717, 1.165) is 18.4 Å². The molecule has 2 rings (SSSR count). The molecule has 0 atom stereocenters. The van der Waals surface area contributed by atoms with Gasteiger partial charge >= 0.3 is 0 Å². The maximum absolute atomic E-state index is 11.3. The predicted molar refractivity (Wildman–Crippen MR) is 56.6 cm³/mol. The standard InChI is InChI=1S/C12H13ClO2/c13-10-5-3-4-9(8-10)12(11(14)15)6-1-2-7-12/h3-5,8H,1-2,6-7H2,(H,14,15)/p-1. The van der Waals surface area contributed by atoms with E-state index in [4.69, 9.17) is 11.6 Å². The Morgan fingerprint density at radius 2 is 2.00 bits per heavy atom. The molecule has 2 nitrogen and oxygen atoms in total. The Bertz CT molecular complexity index is 381. The first-order valence-electron chi connectivity index (χ1n) is 5.13. The highest BCUT2D eigenvalue weighted by atomic mass is 35.5. The fourth-order valence-electron chi connectivity index (χ4n) is 2.38. The second-order valence-corrected chi connectivity index (χ2v) is 4.52. The molecular formula is C12H12ClO2-. The monoisotopic (exact) mass is 223 g/mol. The first-order valence-corrected chi connectivity index (χ1v) is 5.50. The van der Waals surface area contributed by atoms with Gasteiger partial charge in [0.15, 0.2) is 0 Å². The van der Waals surface area contributed by atoms with Crippen LogP contribution in [0.2, 0.25) is 5.02 Å². The highest BCUT2D eigenvalue weighted by Gasteiger charge is 2.37. The lowest BCUT2D eigenvalue weighted by atomic mass is 9.79. The number of carbonyl (C=O) groups excluding carboxylic acids is 1. The molecule has 1 aliphatic carbocycles. The van der Waals surface area contributed by atoms with Crippen molar-refractivity contribution in [2.24, 2.45) is 0 Å². The van der Waals surface area contributed by atoms with Crippen LogP contribution < -0.4 is 5.11 Å². The summed E-state index contributed by atoms with van der Waals surface area (Å²) in [5.74, 6) is -0.970. The van der Waals surface area contributed by atoms with Crippen LogP contribution in [0.5, 0.6) is 0 Å². The second-order valence-electron chi connectivity index (χ2n) is 4.09. The summed E-state index contributed by atoms with van der Waals surface area (Å²) in [6.07, 6.45) is 3.21. The number of rotatable bonds is 2. The van der Waals surface area contributed by atoms with Crippen molar-refractivity contribution in [1.29, 1.82) is 0 Å². The smallest absolute Gasteiger partial charge is 0.0520 e. The average molecular weight is 224 g/mol. The molecular weight excluding hydrogens is 212 g/mol. The van der Waals surface area contributed by atoms with Crippen LogP contribution in [0.25, 0.3) is 0 Å². The minimum Gasteiger partial charge on any atom is -0.549 e. The quantitative estimate of drug-likeness (QED) is 0.769. The molecule has 1 aromatic carbocycles. The largest absolute Gasteiger partial charge is 0.549 e. The van der Waals surface area contributed by atoms with Gasteiger partial charge in [0.25, 0.3) is 0 Å². The van der Waals surface area contributed by atoms with Crippen molar-refractivity contribution in [2.45, 2.75) is 31.1 Å². The van der Waals surface area contributed by atoms with E-state index in [1.54, 1.807) is 18.2 Å². The molecule has 0 aliphatic heterocycles. The number of benzene rings is 1. The van der Waals surface area contributed by atoms with Crippen molar-refractivity contribution in [3.05, 3.63) is 34.9 Å². The molecule has 0 amide bonds. The number of hydrogen-bond acceptors (Lipinski definition) is 2. The summed E-state index contributed by atoms with van der Waals surface area (Å²) in [5, 5.41) is 11.9. The molecule has 0 saturated heterocycles. The summed E-state index contributed by atoms with van der Waals surface area (Å²) in [6, 6.07) is 7.11. The Labute approximate surface area is 93.9 Å². The van der Waals surface area contributed by atoms with E-state index >= 15 is 0 Å². The summed E-state index contributed by atoms with van der Waals surface area (Å²) in [4.78, 5) is 11.3. The zero-order chi connectivity index (χ0) is 10.9. The van der Waals surface area contributed by atoms with Crippen LogP contribution in [0.1, 0.15) is 31.2 Å². The molecule has 15 heavy (non-hydrogen) atoms. The molecule has 0 aromatic heterocycles. The van der Waals surface area contributed by atoms with Crippen LogP contribution in [0.3, 0.4) is 0 Å². The van der Waals surface area contributed by atoms with Gasteiger partial charge in [0.2, 0.25) is 0 Å². The maximum atomic E-state index is 11.3. The van der Waals surface area contributed by atoms with E-state index in [9.17, 15) is 9.90 Å². The highest BCUT2D eigenvalue weighted by molar-refractivity contribution is 6.30. The SMILES string of the molecule is O=C([O-])C1(c2cccc(Cl)c2)CCCC1. The first kappa shape index (κ1) is 10.5. The molecule has 0 radical (unpaired) electrons. The molecule has 1 fully saturated rings. The number of halogens is 1. The molecule has 1 aromatic rings. The van der Waals surface area contributed by atoms with E-state index in [0.29, 0.717) is 17.9 Å². The van der Waals surface area contributed by atoms with Crippen LogP contribution >= 0.6 is 11.6 Å². The lowest BCUT2D eigenvalue weighted by Gasteiger charge is -2.30. The minimum atomic E-state index is -0.970. The number of carboxylic acid groups (broad SMARTS) is 1. The van der Waals surface area contributed by atoms with Crippen molar-refractivity contribution in [3.8, 4) is 0 Å². The summed E-state index contributed by atoms with van der Waals surface area (Å²) in [7, 11) is 0. The molecule has 0 spiro atoms. The van der Waals surface area contributed by atoms with Gasteiger partial charge in [-0.05, 0) is 30.5 Å². The highest BCUT2D eigenvalue weighted by Crippen LogP contribution is 2.41. The van der Waals surface area contributed by atoms with Gasteiger partial charge in [-0.3, -0.25) is 0 Å². The molecule has 80 valence electrons. The molecule has 0 N–H and O–H groups in total. The summed E-state index contributed by atoms with van der Waals surface area (Å²) < 4.78 is 0. The van der Waals surface area contributed by atoms with Gasteiger partial charge in [-0.15, -0.1) is 0 Å². The molecule has 1 aliphatic rings. The number of aliphatic carboxylic acids is 1. The van der Waals surface area contributed by atoms with Crippen molar-refractivity contribution < 1.29 is 9.90 Å². The summed E-state index contributed by atoms with van der Waals surface area (Å²) in [6.45, 7) is 0. The Hall–Kier alpha value is -1.02. The number of carbonyl (C=O) groups is 1. The molecule has 3 heteroatoms. The van der Waals surface area contributed by atoms with E-state index in [1.807, 2.05) is 6.07 Å². The van der Waals surface area contributed by atoms with Gasteiger partial charge in [0, 0.05) is 10.4 Å². The third-order valence-corrected chi connectivity index (χ3v) is 3.46. The Kier molecular flexibility index (Phi) is 2.70. The number of hydrogen-bond donors (Lipinski definition) is 0. The van der Waals surface area contributed by atoms with E-state index < -0.39 is 11.4 Å². The van der Waals surface area contributed by atoms with Gasteiger partial charge < -0.3 is 9.90 Å². The van der Waals surface area contributed by atoms with Crippen molar-refractivity contribution >= 4 is 17.6 Å². The third kappa shape index (κ3) is 1.74. The Balaban J connectivity index is 2.45. The fourth-order valence-corrected chi connectivity index (χ4v) is 2.57. The second kappa shape index (κ2) is 3.86. The predicted octanol–water partition coefficient (Wildman–Crippen LogP) is 1.90. The lowest BCUT2D eigenvalue weighted by Crippen LogP contribution is -2.43. The fraction of sp³-hybridized carbons (Fsp3) is 0.417. The summed E-state index contributed by atoms with van der Waals surface area (Å²) >= 11 is 5.88. The van der Waals surface area contributed by atoms with Crippen LogP contribution in [0.15, 0.2) is 24.3 Å². The zero-order valence-corrected chi connectivity index (χ0v) is 9.09. The van der Waals surface area contributed by atoms with Crippen LogP contribution in [-0.2, 0) is 10.2 Å². The molecule has 1 saturated carbocycles. The Morgan fingerprint density at radius 1 is 1.33 bits per heavy atom. The minimum absolute atomic E-state index is 0.583. The lowest BCUT2D eigenvalue weighted by molar-refractivity contribution is -0.313. The summed E-state index contributed by atoms with van der Waals surface area (Å²) in [5.41, 5.74) is -0.0160. The van der Waals surface area contributed by atoms with Gasteiger partial charge in [-0.2, -0.15) is 0 Å². The van der Waals surface area contributed by atoms with Crippen molar-refractivity contribution in [1.82, 2.24) is 0 Å². The van der Waals surface area contributed by atoms with Crippen molar-refractivity contribution in [3.63, 3.8) is 0 Å². The van der Waals surface area contributed by atoms with Gasteiger partial charge in [-0.25, -0.2) is 0 Å². The maximum Gasteiger partial charge on any atom is 0.0520 e. The van der Waals surface area contributed by atoms with E-state index in [2.05, 4.69) is 0 Å². The Morgan fingerprint density at radius 3 is 2.53 bits per heavy atom. The van der Waals surface area contributed by atoms with Gasteiger partial charge in [0.05, 0.1) is 5.97 Å². The third-order valence-electron chi connectivity index (χ3n) is 3.23. The van der Waals surface area contributed by atoms with E-state index in [1.165, 1.54) is 0 Å². The van der Waals surface area contributed by atoms with Gasteiger partial charge in [-0.1, -0.05) is 36.6 Å². The zero-order valence-electron chi connectivity index (χ0n) is 8.33. The normalized spacial score (nSPS) is 19.0. The topological polar surface area (TPSA) is 40.1 Å².